The van der Waals surface area contributed by atoms with Crippen molar-refractivity contribution in [3.8, 4) is 0 Å². The topological polar surface area (TPSA) is 83.9 Å². The Morgan fingerprint density at radius 3 is 2.30 bits per heavy atom. The van der Waals surface area contributed by atoms with E-state index in [1.807, 2.05) is 61.5 Å². The van der Waals surface area contributed by atoms with Gasteiger partial charge >= 0.3 is 5.97 Å². The van der Waals surface area contributed by atoms with Crippen LogP contribution in [0.25, 0.3) is 0 Å². The highest BCUT2D eigenvalue weighted by atomic mass is 16.5. The molecule has 1 aliphatic heterocycles. The van der Waals surface area contributed by atoms with Crippen molar-refractivity contribution in [1.82, 2.24) is 0 Å². The minimum Gasteiger partial charge on any atom is -0.503 e. The van der Waals surface area contributed by atoms with Crippen molar-refractivity contribution in [1.29, 1.82) is 0 Å². The van der Waals surface area contributed by atoms with Gasteiger partial charge in [0.15, 0.2) is 11.5 Å². The molecule has 6 heteroatoms. The largest absolute Gasteiger partial charge is 0.503 e. The van der Waals surface area contributed by atoms with Crippen LogP contribution >= 0.6 is 0 Å². The molecule has 3 aromatic rings. The molecule has 1 heterocycles. The van der Waals surface area contributed by atoms with Crippen molar-refractivity contribution in [2.24, 2.45) is 0 Å². The van der Waals surface area contributed by atoms with Gasteiger partial charge in [0, 0.05) is 12.1 Å². The molecular formula is C31H31NO5. The second kappa shape index (κ2) is 11.2. The van der Waals surface area contributed by atoms with Crippen LogP contribution in [-0.2, 0) is 32.0 Å². The molecular weight excluding hydrogens is 466 g/mol. The van der Waals surface area contributed by atoms with Crippen molar-refractivity contribution in [3.05, 3.63) is 112 Å². The smallest absolute Gasteiger partial charge is 0.310 e. The van der Waals surface area contributed by atoms with Crippen LogP contribution in [0.15, 0.2) is 90.2 Å². The number of carbonyl (C=O) groups excluding carboxylic acids is 3. The molecule has 0 aliphatic carbocycles. The van der Waals surface area contributed by atoms with Gasteiger partial charge in [-0.2, -0.15) is 0 Å². The second-order valence-corrected chi connectivity index (χ2v) is 9.54. The number of aliphatic hydroxyl groups is 1. The summed E-state index contributed by atoms with van der Waals surface area (Å²) in [6.45, 7) is 5.53. The van der Waals surface area contributed by atoms with Crippen molar-refractivity contribution < 1.29 is 24.2 Å². The van der Waals surface area contributed by atoms with Gasteiger partial charge in [0.2, 0.25) is 0 Å². The summed E-state index contributed by atoms with van der Waals surface area (Å²) < 4.78 is 5.22. The normalized spacial score (nSPS) is 15.4. The molecule has 0 fully saturated rings. The van der Waals surface area contributed by atoms with Crippen molar-refractivity contribution in [2.75, 3.05) is 4.90 Å². The van der Waals surface area contributed by atoms with Gasteiger partial charge in [0.1, 0.15) is 0 Å². The fourth-order valence-electron chi connectivity index (χ4n) is 4.59. The first kappa shape index (κ1) is 25.9. The third-order valence-electron chi connectivity index (χ3n) is 6.28. The van der Waals surface area contributed by atoms with Crippen LogP contribution in [0, 0.1) is 6.92 Å². The highest BCUT2D eigenvalue weighted by Crippen LogP contribution is 2.41. The Hall–Kier alpha value is -4.19. The Kier molecular flexibility index (Phi) is 7.87. The molecule has 3 aromatic carbocycles. The zero-order valence-electron chi connectivity index (χ0n) is 21.3. The van der Waals surface area contributed by atoms with Crippen LogP contribution in [-0.4, -0.2) is 28.9 Å². The number of esters is 1. The molecule has 190 valence electrons. The average molecular weight is 498 g/mol. The van der Waals surface area contributed by atoms with Gasteiger partial charge in [0.05, 0.1) is 24.1 Å². The molecule has 1 atom stereocenters. The Labute approximate surface area is 217 Å². The first-order valence-electron chi connectivity index (χ1n) is 12.4. The summed E-state index contributed by atoms with van der Waals surface area (Å²) in [6, 6.07) is 23.4. The van der Waals surface area contributed by atoms with Crippen LogP contribution in [0.5, 0.6) is 0 Å². The molecule has 0 bridgehead atoms. The first-order chi connectivity index (χ1) is 17.7. The summed E-state index contributed by atoms with van der Waals surface area (Å²) in [6.07, 6.45) is 0.590. The molecule has 1 amide bonds. The average Bonchev–Trinajstić information content (AvgIpc) is 3.13. The van der Waals surface area contributed by atoms with E-state index in [1.54, 1.807) is 38.1 Å². The maximum atomic E-state index is 13.4. The summed E-state index contributed by atoms with van der Waals surface area (Å²) in [5.74, 6) is -1.74. The molecule has 1 aliphatic rings. The molecule has 4 rings (SSSR count). The highest BCUT2D eigenvalue weighted by molar-refractivity contribution is 6.16. The van der Waals surface area contributed by atoms with E-state index < -0.39 is 17.7 Å². The number of benzene rings is 3. The van der Waals surface area contributed by atoms with E-state index in [4.69, 9.17) is 4.74 Å². The van der Waals surface area contributed by atoms with Crippen molar-refractivity contribution in [2.45, 2.75) is 52.2 Å². The third-order valence-corrected chi connectivity index (χ3v) is 6.28. The number of rotatable bonds is 9. The molecule has 37 heavy (non-hydrogen) atoms. The number of aliphatic hydroxyl groups excluding tert-OH is 1. The van der Waals surface area contributed by atoms with Gasteiger partial charge < -0.3 is 9.84 Å². The lowest BCUT2D eigenvalue weighted by atomic mass is 9.92. The van der Waals surface area contributed by atoms with E-state index in [0.29, 0.717) is 12.1 Å². The zero-order chi connectivity index (χ0) is 26.5. The lowest BCUT2D eigenvalue weighted by Crippen LogP contribution is -2.31. The van der Waals surface area contributed by atoms with Gasteiger partial charge in [-0.1, -0.05) is 72.3 Å². The predicted molar refractivity (Wildman–Crippen MR) is 142 cm³/mol. The number of hydrogen-bond acceptors (Lipinski definition) is 5. The van der Waals surface area contributed by atoms with E-state index in [-0.39, 0.29) is 36.3 Å². The first-order valence-corrected chi connectivity index (χ1v) is 12.4. The monoisotopic (exact) mass is 497 g/mol. The molecule has 0 aromatic heterocycles. The fraction of sp³-hybridized carbons (Fsp3) is 0.258. The fourth-order valence-corrected chi connectivity index (χ4v) is 4.59. The van der Waals surface area contributed by atoms with Crippen LogP contribution < -0.4 is 4.90 Å². The Balaban J connectivity index is 1.64. The summed E-state index contributed by atoms with van der Waals surface area (Å²) in [5.41, 5.74) is 4.10. The number of amides is 1. The number of Topliss-reactive ketones (excluding diaryl/α,β-unsaturated/α-hetero) is 1. The van der Waals surface area contributed by atoms with E-state index >= 15 is 0 Å². The predicted octanol–water partition coefficient (Wildman–Crippen LogP) is 5.59. The maximum absolute atomic E-state index is 13.4. The van der Waals surface area contributed by atoms with Crippen LogP contribution in [0.3, 0.4) is 0 Å². The van der Waals surface area contributed by atoms with Crippen LogP contribution in [0.4, 0.5) is 5.69 Å². The molecule has 0 radical (unpaired) electrons. The minimum atomic E-state index is -0.757. The molecule has 1 unspecified atom stereocenters. The molecule has 0 saturated carbocycles. The van der Waals surface area contributed by atoms with E-state index in [9.17, 15) is 19.5 Å². The Morgan fingerprint density at radius 1 is 0.946 bits per heavy atom. The van der Waals surface area contributed by atoms with Crippen LogP contribution in [0.2, 0.25) is 0 Å². The summed E-state index contributed by atoms with van der Waals surface area (Å²) in [5, 5.41) is 10.9. The lowest BCUT2D eigenvalue weighted by molar-refractivity contribution is -0.146. The van der Waals surface area contributed by atoms with Crippen LogP contribution in [0.1, 0.15) is 48.6 Å². The van der Waals surface area contributed by atoms with Gasteiger partial charge in [-0.3, -0.25) is 19.3 Å². The summed E-state index contributed by atoms with van der Waals surface area (Å²) in [7, 11) is 0. The third kappa shape index (κ3) is 5.97. The summed E-state index contributed by atoms with van der Waals surface area (Å²) in [4.78, 5) is 40.3. The highest BCUT2D eigenvalue weighted by Gasteiger charge is 2.44. The van der Waals surface area contributed by atoms with E-state index in [2.05, 4.69) is 0 Å². The molecule has 0 spiro atoms. The zero-order valence-corrected chi connectivity index (χ0v) is 21.3. The van der Waals surface area contributed by atoms with Gasteiger partial charge in [0.25, 0.3) is 5.91 Å². The van der Waals surface area contributed by atoms with Gasteiger partial charge in [-0.25, -0.2) is 0 Å². The van der Waals surface area contributed by atoms with Crippen molar-refractivity contribution in [3.63, 3.8) is 0 Å². The van der Waals surface area contributed by atoms with Crippen molar-refractivity contribution >= 4 is 23.3 Å². The minimum absolute atomic E-state index is 0.108. The Morgan fingerprint density at radius 2 is 1.65 bits per heavy atom. The molecule has 6 nitrogen and oxygen atoms in total. The number of ether oxygens (including phenoxy) is 1. The number of hydrogen-bond donors (Lipinski definition) is 1. The second-order valence-electron chi connectivity index (χ2n) is 9.54. The number of ketones is 1. The number of carbonyl (C=O) groups is 3. The molecule has 0 saturated heterocycles. The lowest BCUT2D eigenvalue weighted by Gasteiger charge is -2.27. The van der Waals surface area contributed by atoms with Gasteiger partial charge in [-0.05, 0) is 56.0 Å². The van der Waals surface area contributed by atoms with E-state index in [0.717, 1.165) is 22.3 Å². The van der Waals surface area contributed by atoms with E-state index in [1.165, 1.54) is 4.90 Å². The molecule has 1 N–H and O–H groups in total. The van der Waals surface area contributed by atoms with Gasteiger partial charge in [-0.15, -0.1) is 0 Å². The standard InChI is InChI=1S/C31H31NO5/c1-20(2)37-27(34)19-23-12-15-25(16-13-23)32-29(24-11-7-8-21(3)18-24)28(30(35)31(32)36)26(33)17-14-22-9-5-4-6-10-22/h4-13,15-16,18,20,29,35H,14,17,19H2,1-3H3. The quantitative estimate of drug-likeness (QED) is 0.390. The number of anilines is 1. The summed E-state index contributed by atoms with van der Waals surface area (Å²) >= 11 is 0. The number of nitrogens with zero attached hydrogens (tertiary/aromatic N) is 1. The SMILES string of the molecule is Cc1cccc(C2C(C(=O)CCc3ccccc3)=C(O)C(=O)N2c2ccc(CC(=O)OC(C)C)cc2)c1. The maximum Gasteiger partial charge on any atom is 0.310 e. The number of aryl methyl sites for hydroxylation is 2. The Bertz CT molecular complexity index is 1330.